The summed E-state index contributed by atoms with van der Waals surface area (Å²) in [5, 5.41) is 2.95. The summed E-state index contributed by atoms with van der Waals surface area (Å²) in [7, 11) is 0. The van der Waals surface area contributed by atoms with Crippen LogP contribution in [0.5, 0.6) is 5.75 Å². The highest BCUT2D eigenvalue weighted by Crippen LogP contribution is 2.20. The molecule has 0 bridgehead atoms. The summed E-state index contributed by atoms with van der Waals surface area (Å²) in [5.74, 6) is -0.615. The maximum atomic E-state index is 13.7. The van der Waals surface area contributed by atoms with Crippen LogP contribution in [0, 0.1) is 19.7 Å². The molecule has 1 N–H and O–H groups in total. The summed E-state index contributed by atoms with van der Waals surface area (Å²) >= 11 is 0. The standard InChI is InChI=1S/C20H24FNO2/c1-5-18(24-19-9-7-6-8-17(19)21)20(23)22-15(4)16-11-10-13(2)14(3)12-16/h6-12,15,18H,5H2,1-4H3,(H,22,23)/t15-,18-/m0/s1. The second-order valence-corrected chi connectivity index (χ2v) is 6.02. The lowest BCUT2D eigenvalue weighted by Crippen LogP contribution is -2.39. The SMILES string of the molecule is CC[C@H](Oc1ccccc1F)C(=O)N[C@@H](C)c1ccc(C)c(C)c1. The van der Waals surface area contributed by atoms with E-state index in [0.29, 0.717) is 6.42 Å². The van der Waals surface area contributed by atoms with E-state index in [0.717, 1.165) is 5.56 Å². The van der Waals surface area contributed by atoms with E-state index < -0.39 is 11.9 Å². The number of hydrogen-bond acceptors (Lipinski definition) is 2. The van der Waals surface area contributed by atoms with Crippen molar-refractivity contribution in [3.05, 3.63) is 65.0 Å². The molecule has 0 fully saturated rings. The number of rotatable bonds is 6. The van der Waals surface area contributed by atoms with Crippen LogP contribution in [0.2, 0.25) is 0 Å². The molecule has 0 spiro atoms. The molecule has 2 atom stereocenters. The minimum Gasteiger partial charge on any atom is -0.478 e. The number of ether oxygens (including phenoxy) is 1. The van der Waals surface area contributed by atoms with Gasteiger partial charge in [0.2, 0.25) is 0 Å². The van der Waals surface area contributed by atoms with E-state index in [1.54, 1.807) is 12.1 Å². The van der Waals surface area contributed by atoms with Crippen molar-refractivity contribution in [3.8, 4) is 5.75 Å². The summed E-state index contributed by atoms with van der Waals surface area (Å²) in [4.78, 5) is 12.5. The van der Waals surface area contributed by atoms with Crippen LogP contribution in [0.15, 0.2) is 42.5 Å². The van der Waals surface area contributed by atoms with E-state index in [4.69, 9.17) is 4.74 Å². The molecule has 0 aliphatic rings. The molecule has 0 heterocycles. The maximum Gasteiger partial charge on any atom is 0.261 e. The lowest BCUT2D eigenvalue weighted by atomic mass is 10.0. The number of halogens is 1. The number of nitrogens with one attached hydrogen (secondary N) is 1. The Bertz CT molecular complexity index is 715. The van der Waals surface area contributed by atoms with Gasteiger partial charge in [-0.3, -0.25) is 4.79 Å². The fourth-order valence-electron chi connectivity index (χ4n) is 2.44. The minimum atomic E-state index is -0.726. The van der Waals surface area contributed by atoms with Crippen molar-refractivity contribution < 1.29 is 13.9 Å². The first kappa shape index (κ1) is 18.0. The van der Waals surface area contributed by atoms with Gasteiger partial charge in [0.25, 0.3) is 5.91 Å². The van der Waals surface area contributed by atoms with Gasteiger partial charge < -0.3 is 10.1 Å². The Hall–Kier alpha value is -2.36. The van der Waals surface area contributed by atoms with Crippen LogP contribution in [0.1, 0.15) is 43.0 Å². The first-order valence-electron chi connectivity index (χ1n) is 8.21. The summed E-state index contributed by atoms with van der Waals surface area (Å²) < 4.78 is 19.3. The fraction of sp³-hybridized carbons (Fsp3) is 0.350. The molecule has 0 aromatic heterocycles. The van der Waals surface area contributed by atoms with E-state index in [1.165, 1.54) is 23.3 Å². The van der Waals surface area contributed by atoms with Crippen molar-refractivity contribution in [2.24, 2.45) is 0 Å². The van der Waals surface area contributed by atoms with Crippen LogP contribution in [-0.4, -0.2) is 12.0 Å². The van der Waals surface area contributed by atoms with Crippen molar-refractivity contribution in [2.75, 3.05) is 0 Å². The van der Waals surface area contributed by atoms with Gasteiger partial charge in [-0.15, -0.1) is 0 Å². The maximum absolute atomic E-state index is 13.7. The van der Waals surface area contributed by atoms with Crippen LogP contribution in [0.25, 0.3) is 0 Å². The van der Waals surface area contributed by atoms with Gasteiger partial charge in [0, 0.05) is 0 Å². The Morgan fingerprint density at radius 3 is 2.50 bits per heavy atom. The smallest absolute Gasteiger partial charge is 0.261 e. The van der Waals surface area contributed by atoms with Crippen molar-refractivity contribution in [1.82, 2.24) is 5.32 Å². The molecule has 0 saturated heterocycles. The molecule has 3 nitrogen and oxygen atoms in total. The molecule has 0 aliphatic heterocycles. The van der Waals surface area contributed by atoms with E-state index in [-0.39, 0.29) is 17.7 Å². The molecule has 2 aromatic rings. The van der Waals surface area contributed by atoms with E-state index in [9.17, 15) is 9.18 Å². The molecule has 0 saturated carbocycles. The van der Waals surface area contributed by atoms with Crippen LogP contribution in [-0.2, 0) is 4.79 Å². The molecule has 0 aliphatic carbocycles. The average Bonchev–Trinajstić information content (AvgIpc) is 2.56. The summed E-state index contributed by atoms with van der Waals surface area (Å²) in [6.45, 7) is 7.87. The monoisotopic (exact) mass is 329 g/mol. The topological polar surface area (TPSA) is 38.3 Å². The van der Waals surface area contributed by atoms with Crippen LogP contribution in [0.4, 0.5) is 4.39 Å². The first-order chi connectivity index (χ1) is 11.4. The quantitative estimate of drug-likeness (QED) is 0.849. The third-order valence-corrected chi connectivity index (χ3v) is 4.16. The van der Waals surface area contributed by atoms with E-state index in [1.807, 2.05) is 32.9 Å². The van der Waals surface area contributed by atoms with Crippen LogP contribution >= 0.6 is 0 Å². The first-order valence-corrected chi connectivity index (χ1v) is 8.21. The summed E-state index contributed by atoms with van der Waals surface area (Å²) in [5.41, 5.74) is 3.43. The summed E-state index contributed by atoms with van der Waals surface area (Å²) in [6.07, 6.45) is -0.268. The lowest BCUT2D eigenvalue weighted by Gasteiger charge is -2.21. The minimum absolute atomic E-state index is 0.0957. The van der Waals surface area contributed by atoms with Gasteiger partial charge in [-0.05, 0) is 56.0 Å². The number of amides is 1. The van der Waals surface area contributed by atoms with Gasteiger partial charge >= 0.3 is 0 Å². The highest BCUT2D eigenvalue weighted by atomic mass is 19.1. The molecule has 0 unspecified atom stereocenters. The molecule has 2 aromatic carbocycles. The molecule has 1 amide bonds. The molecule has 24 heavy (non-hydrogen) atoms. The zero-order valence-electron chi connectivity index (χ0n) is 14.6. The van der Waals surface area contributed by atoms with Crippen molar-refractivity contribution in [2.45, 2.75) is 46.3 Å². The van der Waals surface area contributed by atoms with Crippen LogP contribution in [0.3, 0.4) is 0 Å². The lowest BCUT2D eigenvalue weighted by molar-refractivity contribution is -0.128. The Kier molecular flexibility index (Phi) is 5.96. The molecular formula is C20H24FNO2. The predicted molar refractivity (Wildman–Crippen MR) is 93.6 cm³/mol. The summed E-state index contributed by atoms with van der Waals surface area (Å²) in [6, 6.07) is 12.1. The van der Waals surface area contributed by atoms with E-state index >= 15 is 0 Å². The largest absolute Gasteiger partial charge is 0.478 e. The molecule has 2 rings (SSSR count). The zero-order valence-corrected chi connectivity index (χ0v) is 14.6. The number of aryl methyl sites for hydroxylation is 2. The Morgan fingerprint density at radius 1 is 1.17 bits per heavy atom. The normalized spacial score (nSPS) is 13.2. The third-order valence-electron chi connectivity index (χ3n) is 4.16. The highest BCUT2D eigenvalue weighted by Gasteiger charge is 2.21. The second-order valence-electron chi connectivity index (χ2n) is 6.02. The Morgan fingerprint density at radius 2 is 1.88 bits per heavy atom. The number of para-hydroxylation sites is 1. The fourth-order valence-corrected chi connectivity index (χ4v) is 2.44. The predicted octanol–water partition coefficient (Wildman–Crippen LogP) is 4.48. The van der Waals surface area contributed by atoms with Gasteiger partial charge in [-0.2, -0.15) is 0 Å². The van der Waals surface area contributed by atoms with Gasteiger partial charge in [-0.1, -0.05) is 37.3 Å². The van der Waals surface area contributed by atoms with E-state index in [2.05, 4.69) is 18.3 Å². The van der Waals surface area contributed by atoms with Gasteiger partial charge in [0.15, 0.2) is 17.7 Å². The van der Waals surface area contributed by atoms with Gasteiger partial charge in [0.1, 0.15) is 0 Å². The van der Waals surface area contributed by atoms with Gasteiger partial charge in [0.05, 0.1) is 6.04 Å². The molecule has 4 heteroatoms. The number of carbonyl (C=O) groups excluding carboxylic acids is 1. The highest BCUT2D eigenvalue weighted by molar-refractivity contribution is 5.81. The molecule has 128 valence electrons. The molecular weight excluding hydrogens is 305 g/mol. The van der Waals surface area contributed by atoms with Crippen LogP contribution < -0.4 is 10.1 Å². The number of carbonyl (C=O) groups is 1. The number of benzene rings is 2. The average molecular weight is 329 g/mol. The Labute approximate surface area is 142 Å². The van der Waals surface area contributed by atoms with Crippen molar-refractivity contribution >= 4 is 5.91 Å². The van der Waals surface area contributed by atoms with Gasteiger partial charge in [-0.25, -0.2) is 4.39 Å². The van der Waals surface area contributed by atoms with Crippen molar-refractivity contribution in [3.63, 3.8) is 0 Å². The molecule has 0 radical (unpaired) electrons. The second kappa shape index (κ2) is 7.95. The zero-order chi connectivity index (χ0) is 17.7. The third kappa shape index (κ3) is 4.34. The van der Waals surface area contributed by atoms with Crippen molar-refractivity contribution in [1.29, 1.82) is 0 Å². The Balaban J connectivity index is 2.05. The number of hydrogen-bond donors (Lipinski definition) is 1.